The van der Waals surface area contributed by atoms with E-state index in [0.29, 0.717) is 0 Å². The lowest BCUT2D eigenvalue weighted by Crippen LogP contribution is -2.36. The summed E-state index contributed by atoms with van der Waals surface area (Å²) in [5, 5.41) is 0. The van der Waals surface area contributed by atoms with Crippen LogP contribution in [0, 0.1) is 41.4 Å². The standard InChI is InChI=1S/C26H48/c1-9-13-22(16-19(5)6)23(14-10-2)18-25(20(7)12-4)26-21(8)17-24(26)15-11-3/h10,14,17,19-20,22-26H,9,11-13,15-16,18H2,1-8H3. The van der Waals surface area contributed by atoms with Gasteiger partial charge >= 0.3 is 0 Å². The second-order valence-corrected chi connectivity index (χ2v) is 9.54. The number of rotatable bonds is 13. The molecule has 1 aliphatic carbocycles. The fourth-order valence-electron chi connectivity index (χ4n) is 5.53. The first kappa shape index (κ1) is 23.5. The van der Waals surface area contributed by atoms with Crippen molar-refractivity contribution in [2.24, 2.45) is 41.4 Å². The Morgan fingerprint density at radius 1 is 1.04 bits per heavy atom. The van der Waals surface area contributed by atoms with Gasteiger partial charge in [-0.25, -0.2) is 0 Å². The maximum absolute atomic E-state index is 2.58. The lowest BCUT2D eigenvalue weighted by Gasteiger charge is -2.45. The lowest BCUT2D eigenvalue weighted by atomic mass is 9.60. The van der Waals surface area contributed by atoms with Crippen molar-refractivity contribution in [1.82, 2.24) is 0 Å². The molecule has 0 radical (unpaired) electrons. The van der Waals surface area contributed by atoms with Gasteiger partial charge in [0.1, 0.15) is 0 Å². The van der Waals surface area contributed by atoms with Crippen molar-refractivity contribution >= 4 is 0 Å². The molecule has 0 N–H and O–H groups in total. The van der Waals surface area contributed by atoms with E-state index in [9.17, 15) is 0 Å². The van der Waals surface area contributed by atoms with E-state index >= 15 is 0 Å². The van der Waals surface area contributed by atoms with Crippen molar-refractivity contribution in [3.05, 3.63) is 23.8 Å². The van der Waals surface area contributed by atoms with E-state index in [1.807, 2.05) is 0 Å². The van der Waals surface area contributed by atoms with Gasteiger partial charge in [-0.3, -0.25) is 0 Å². The molecule has 26 heavy (non-hydrogen) atoms. The summed E-state index contributed by atoms with van der Waals surface area (Å²) >= 11 is 0. The van der Waals surface area contributed by atoms with Gasteiger partial charge in [0, 0.05) is 0 Å². The van der Waals surface area contributed by atoms with E-state index in [-0.39, 0.29) is 0 Å². The molecule has 0 saturated heterocycles. The minimum absolute atomic E-state index is 0.761. The van der Waals surface area contributed by atoms with Gasteiger partial charge < -0.3 is 0 Å². The van der Waals surface area contributed by atoms with E-state index in [0.717, 1.165) is 41.4 Å². The lowest BCUT2D eigenvalue weighted by molar-refractivity contribution is 0.139. The Labute approximate surface area is 165 Å². The highest BCUT2D eigenvalue weighted by Gasteiger charge is 2.39. The van der Waals surface area contributed by atoms with Crippen LogP contribution in [0.3, 0.4) is 0 Å². The molecule has 0 fully saturated rings. The van der Waals surface area contributed by atoms with E-state index in [2.05, 4.69) is 73.6 Å². The van der Waals surface area contributed by atoms with Crippen LogP contribution < -0.4 is 0 Å². The van der Waals surface area contributed by atoms with Gasteiger partial charge in [0.05, 0.1) is 0 Å². The average Bonchev–Trinajstić information content (AvgIpc) is 2.58. The minimum atomic E-state index is 0.761. The van der Waals surface area contributed by atoms with Gasteiger partial charge in [0.25, 0.3) is 0 Å². The molecule has 1 rings (SSSR count). The zero-order valence-electron chi connectivity index (χ0n) is 19.2. The number of allylic oxidation sites excluding steroid dienone is 4. The Kier molecular flexibility index (Phi) is 10.9. The van der Waals surface area contributed by atoms with E-state index in [1.165, 1.54) is 44.9 Å². The first-order chi connectivity index (χ1) is 12.4. The largest absolute Gasteiger partial charge is 0.0914 e. The molecule has 0 heterocycles. The Morgan fingerprint density at radius 3 is 2.19 bits per heavy atom. The zero-order chi connectivity index (χ0) is 19.7. The monoisotopic (exact) mass is 360 g/mol. The van der Waals surface area contributed by atoms with Crippen LogP contribution >= 0.6 is 0 Å². The van der Waals surface area contributed by atoms with Crippen LogP contribution in [0.15, 0.2) is 23.8 Å². The van der Waals surface area contributed by atoms with Crippen LogP contribution in [0.2, 0.25) is 0 Å². The summed E-state index contributed by atoms with van der Waals surface area (Å²) in [7, 11) is 0. The third-order valence-corrected chi connectivity index (χ3v) is 6.95. The van der Waals surface area contributed by atoms with Crippen LogP contribution in [0.1, 0.15) is 100 Å². The summed E-state index contributed by atoms with van der Waals surface area (Å²) in [4.78, 5) is 0. The average molecular weight is 361 g/mol. The summed E-state index contributed by atoms with van der Waals surface area (Å²) in [6, 6.07) is 0. The zero-order valence-corrected chi connectivity index (χ0v) is 19.2. The Hall–Kier alpha value is -0.520. The fourth-order valence-corrected chi connectivity index (χ4v) is 5.53. The van der Waals surface area contributed by atoms with E-state index in [1.54, 1.807) is 5.57 Å². The van der Waals surface area contributed by atoms with Crippen molar-refractivity contribution in [2.75, 3.05) is 0 Å². The smallest absolute Gasteiger partial charge is 0.0112 e. The highest BCUT2D eigenvalue weighted by atomic mass is 14.4. The van der Waals surface area contributed by atoms with Gasteiger partial charge in [-0.15, -0.1) is 0 Å². The molecule has 0 spiro atoms. The quantitative estimate of drug-likeness (QED) is 0.288. The maximum Gasteiger partial charge on any atom is -0.0112 e. The SMILES string of the molecule is CC=CC(CC(C(C)CC)C1C(C)=CC1CCC)C(CCC)CC(C)C. The third kappa shape index (κ3) is 6.58. The molecule has 0 bridgehead atoms. The van der Waals surface area contributed by atoms with Crippen LogP contribution in [0.25, 0.3) is 0 Å². The van der Waals surface area contributed by atoms with Crippen LogP contribution in [0.5, 0.6) is 0 Å². The van der Waals surface area contributed by atoms with Gasteiger partial charge in [-0.05, 0) is 74.5 Å². The molecule has 1 aliphatic rings. The first-order valence-electron chi connectivity index (χ1n) is 11.7. The molecule has 0 aliphatic heterocycles. The van der Waals surface area contributed by atoms with Crippen LogP contribution in [-0.2, 0) is 0 Å². The van der Waals surface area contributed by atoms with Crippen molar-refractivity contribution in [3.63, 3.8) is 0 Å². The number of hydrogen-bond acceptors (Lipinski definition) is 0. The van der Waals surface area contributed by atoms with E-state index in [4.69, 9.17) is 0 Å². The first-order valence-corrected chi connectivity index (χ1v) is 11.7. The molecular formula is C26H48. The van der Waals surface area contributed by atoms with Crippen LogP contribution in [-0.4, -0.2) is 0 Å². The van der Waals surface area contributed by atoms with Crippen LogP contribution in [0.4, 0.5) is 0 Å². The third-order valence-electron chi connectivity index (χ3n) is 6.95. The van der Waals surface area contributed by atoms with Crippen molar-refractivity contribution in [1.29, 1.82) is 0 Å². The normalized spacial score (nSPS) is 25.0. The van der Waals surface area contributed by atoms with Crippen molar-refractivity contribution in [3.8, 4) is 0 Å². The topological polar surface area (TPSA) is 0 Å². The van der Waals surface area contributed by atoms with Crippen molar-refractivity contribution in [2.45, 2.75) is 100 Å². The molecule has 0 saturated carbocycles. The molecule has 0 aromatic carbocycles. The predicted molar refractivity (Wildman–Crippen MR) is 119 cm³/mol. The Bertz CT molecular complexity index is 427. The molecule has 152 valence electrons. The van der Waals surface area contributed by atoms with Gasteiger partial charge in [0.15, 0.2) is 0 Å². The molecular weight excluding hydrogens is 312 g/mol. The maximum atomic E-state index is 2.58. The second kappa shape index (κ2) is 12.0. The van der Waals surface area contributed by atoms with Crippen molar-refractivity contribution < 1.29 is 0 Å². The highest BCUT2D eigenvalue weighted by molar-refractivity contribution is 5.22. The summed E-state index contributed by atoms with van der Waals surface area (Å²) in [6.45, 7) is 19.0. The Morgan fingerprint density at radius 2 is 1.73 bits per heavy atom. The summed E-state index contributed by atoms with van der Waals surface area (Å²) in [6.07, 6.45) is 17.0. The fraction of sp³-hybridized carbons (Fsp3) is 0.846. The van der Waals surface area contributed by atoms with Gasteiger partial charge in [0.2, 0.25) is 0 Å². The summed E-state index contributed by atoms with van der Waals surface area (Å²) in [5.74, 6) is 5.80. The van der Waals surface area contributed by atoms with E-state index < -0.39 is 0 Å². The van der Waals surface area contributed by atoms with Gasteiger partial charge in [-0.2, -0.15) is 0 Å². The molecule has 0 aromatic heterocycles. The second-order valence-electron chi connectivity index (χ2n) is 9.54. The summed E-state index contributed by atoms with van der Waals surface area (Å²) < 4.78 is 0. The predicted octanol–water partition coefficient (Wildman–Crippen LogP) is 8.69. The highest BCUT2D eigenvalue weighted by Crippen LogP contribution is 2.48. The Balaban J connectivity index is 3.02. The molecule has 0 amide bonds. The molecule has 0 heteroatoms. The molecule has 6 atom stereocenters. The molecule has 0 aromatic rings. The molecule has 0 nitrogen and oxygen atoms in total. The minimum Gasteiger partial charge on any atom is -0.0914 e. The summed E-state index contributed by atoms with van der Waals surface area (Å²) in [5.41, 5.74) is 1.68. The number of hydrogen-bond donors (Lipinski definition) is 0. The van der Waals surface area contributed by atoms with Gasteiger partial charge in [-0.1, -0.05) is 91.0 Å². The molecule has 6 unspecified atom stereocenters.